The van der Waals surface area contributed by atoms with E-state index in [9.17, 15) is 0 Å². The van der Waals surface area contributed by atoms with Crippen molar-refractivity contribution in [2.24, 2.45) is 5.73 Å². The van der Waals surface area contributed by atoms with E-state index in [0.29, 0.717) is 5.92 Å². The van der Waals surface area contributed by atoms with Crippen molar-refractivity contribution in [3.05, 3.63) is 42.1 Å². The van der Waals surface area contributed by atoms with Gasteiger partial charge in [0.2, 0.25) is 0 Å². The first-order valence-corrected chi connectivity index (χ1v) is 7.14. The van der Waals surface area contributed by atoms with Crippen molar-refractivity contribution in [3.63, 3.8) is 0 Å². The highest BCUT2D eigenvalue weighted by Gasteiger charge is 2.20. The summed E-state index contributed by atoms with van der Waals surface area (Å²) in [5.41, 5.74) is 8.10. The zero-order chi connectivity index (χ0) is 13.1. The zero-order valence-corrected chi connectivity index (χ0v) is 11.3. The average Bonchev–Trinajstić information content (AvgIpc) is 2.48. The molecule has 3 heteroatoms. The van der Waals surface area contributed by atoms with Gasteiger partial charge in [-0.15, -0.1) is 0 Å². The molecule has 2 N–H and O–H groups in total. The van der Waals surface area contributed by atoms with Gasteiger partial charge in [-0.2, -0.15) is 0 Å². The van der Waals surface area contributed by atoms with Crippen LogP contribution in [0.4, 0.5) is 0 Å². The van der Waals surface area contributed by atoms with E-state index in [-0.39, 0.29) is 0 Å². The summed E-state index contributed by atoms with van der Waals surface area (Å²) in [4.78, 5) is 7.04. The van der Waals surface area contributed by atoms with Crippen LogP contribution in [0.2, 0.25) is 0 Å². The van der Waals surface area contributed by atoms with E-state index in [1.165, 1.54) is 23.8 Å². The van der Waals surface area contributed by atoms with Crippen LogP contribution in [0.5, 0.6) is 0 Å². The molecule has 3 nitrogen and oxygen atoms in total. The first kappa shape index (κ1) is 12.6. The molecule has 0 radical (unpaired) electrons. The molecule has 1 aromatic carbocycles. The lowest BCUT2D eigenvalue weighted by molar-refractivity contribution is 0.217. The van der Waals surface area contributed by atoms with Gasteiger partial charge in [0.1, 0.15) is 0 Å². The molecule has 19 heavy (non-hydrogen) atoms. The van der Waals surface area contributed by atoms with Crippen LogP contribution in [0, 0.1) is 0 Å². The summed E-state index contributed by atoms with van der Waals surface area (Å²) in [5.74, 6) is 0.658. The molecular formula is C16H21N3. The topological polar surface area (TPSA) is 42.1 Å². The number of para-hydroxylation sites is 1. The molecule has 1 fully saturated rings. The van der Waals surface area contributed by atoms with Crippen LogP contribution in [0.25, 0.3) is 10.9 Å². The summed E-state index contributed by atoms with van der Waals surface area (Å²) < 4.78 is 0. The summed E-state index contributed by atoms with van der Waals surface area (Å²) in [7, 11) is 0. The molecule has 0 bridgehead atoms. The maximum absolute atomic E-state index is 5.62. The van der Waals surface area contributed by atoms with Crippen molar-refractivity contribution in [3.8, 4) is 0 Å². The number of likely N-dealkylation sites (tertiary alicyclic amines) is 1. The highest BCUT2D eigenvalue weighted by atomic mass is 15.1. The van der Waals surface area contributed by atoms with Gasteiger partial charge in [-0.1, -0.05) is 18.2 Å². The van der Waals surface area contributed by atoms with Gasteiger partial charge in [0, 0.05) is 24.7 Å². The Labute approximate surface area is 114 Å². The minimum absolute atomic E-state index is 0.658. The summed E-state index contributed by atoms with van der Waals surface area (Å²) >= 11 is 0. The number of aromatic nitrogens is 1. The van der Waals surface area contributed by atoms with Crippen molar-refractivity contribution < 1.29 is 0 Å². The SMILES string of the molecule is NCCN1CCC(c2cnc3ccccc3c2)CC1. The molecular weight excluding hydrogens is 234 g/mol. The molecule has 1 saturated heterocycles. The highest BCUT2D eigenvalue weighted by molar-refractivity contribution is 5.78. The van der Waals surface area contributed by atoms with E-state index in [2.05, 4.69) is 40.3 Å². The molecule has 2 heterocycles. The van der Waals surface area contributed by atoms with Gasteiger partial charge < -0.3 is 10.6 Å². The second kappa shape index (κ2) is 5.68. The highest BCUT2D eigenvalue weighted by Crippen LogP contribution is 2.29. The maximum atomic E-state index is 5.62. The average molecular weight is 255 g/mol. The Kier molecular flexibility index (Phi) is 3.76. The molecule has 100 valence electrons. The van der Waals surface area contributed by atoms with Crippen molar-refractivity contribution in [2.75, 3.05) is 26.2 Å². The van der Waals surface area contributed by atoms with Gasteiger partial charge in [0.05, 0.1) is 5.52 Å². The Bertz CT molecular complexity index is 544. The van der Waals surface area contributed by atoms with Crippen LogP contribution in [0.15, 0.2) is 36.5 Å². The number of fused-ring (bicyclic) bond motifs is 1. The Balaban J connectivity index is 1.74. The number of piperidine rings is 1. The number of hydrogen-bond donors (Lipinski definition) is 1. The number of benzene rings is 1. The quantitative estimate of drug-likeness (QED) is 0.915. The van der Waals surface area contributed by atoms with Crippen molar-refractivity contribution in [1.82, 2.24) is 9.88 Å². The van der Waals surface area contributed by atoms with E-state index >= 15 is 0 Å². The first-order valence-electron chi connectivity index (χ1n) is 7.14. The Morgan fingerprint density at radius 2 is 2.00 bits per heavy atom. The fourth-order valence-electron chi connectivity index (χ4n) is 2.98. The maximum Gasteiger partial charge on any atom is 0.0702 e. The van der Waals surface area contributed by atoms with Crippen LogP contribution < -0.4 is 5.73 Å². The van der Waals surface area contributed by atoms with Crippen molar-refractivity contribution in [2.45, 2.75) is 18.8 Å². The smallest absolute Gasteiger partial charge is 0.0702 e. The molecule has 3 rings (SSSR count). The third-order valence-corrected chi connectivity index (χ3v) is 4.12. The van der Waals surface area contributed by atoms with Gasteiger partial charge in [-0.3, -0.25) is 4.98 Å². The largest absolute Gasteiger partial charge is 0.329 e. The molecule has 0 amide bonds. The minimum Gasteiger partial charge on any atom is -0.329 e. The second-order valence-electron chi connectivity index (χ2n) is 5.37. The summed E-state index contributed by atoms with van der Waals surface area (Å²) in [6.45, 7) is 4.12. The summed E-state index contributed by atoms with van der Waals surface area (Å²) in [6.07, 6.45) is 4.51. The molecule has 1 aliphatic heterocycles. The van der Waals surface area contributed by atoms with Gasteiger partial charge in [-0.25, -0.2) is 0 Å². The Morgan fingerprint density at radius 1 is 1.21 bits per heavy atom. The van der Waals surface area contributed by atoms with Crippen molar-refractivity contribution in [1.29, 1.82) is 0 Å². The van der Waals surface area contributed by atoms with E-state index in [4.69, 9.17) is 5.73 Å². The summed E-state index contributed by atoms with van der Waals surface area (Å²) in [5, 5.41) is 1.25. The fraction of sp³-hybridized carbons (Fsp3) is 0.438. The van der Waals surface area contributed by atoms with Crippen LogP contribution in [-0.2, 0) is 0 Å². The van der Waals surface area contributed by atoms with E-state index in [1.807, 2.05) is 6.07 Å². The van der Waals surface area contributed by atoms with Crippen LogP contribution >= 0.6 is 0 Å². The van der Waals surface area contributed by atoms with Gasteiger partial charge in [0.15, 0.2) is 0 Å². The van der Waals surface area contributed by atoms with E-state index in [1.54, 1.807) is 0 Å². The third-order valence-electron chi connectivity index (χ3n) is 4.12. The molecule has 2 aromatic rings. The number of nitrogens with two attached hydrogens (primary N) is 1. The van der Waals surface area contributed by atoms with Gasteiger partial charge >= 0.3 is 0 Å². The summed E-state index contributed by atoms with van der Waals surface area (Å²) in [6, 6.07) is 10.7. The van der Waals surface area contributed by atoms with Crippen LogP contribution in [-0.4, -0.2) is 36.1 Å². The number of nitrogens with zero attached hydrogens (tertiary/aromatic N) is 2. The lowest BCUT2D eigenvalue weighted by Gasteiger charge is -2.31. The first-order chi connectivity index (χ1) is 9.36. The zero-order valence-electron chi connectivity index (χ0n) is 11.3. The molecule has 0 unspecified atom stereocenters. The molecule has 1 aromatic heterocycles. The normalized spacial score (nSPS) is 17.9. The lowest BCUT2D eigenvalue weighted by Crippen LogP contribution is -2.36. The molecule has 0 atom stereocenters. The van der Waals surface area contributed by atoms with E-state index in [0.717, 1.165) is 31.7 Å². The van der Waals surface area contributed by atoms with Crippen LogP contribution in [0.1, 0.15) is 24.3 Å². The van der Waals surface area contributed by atoms with Gasteiger partial charge in [-0.05, 0) is 49.5 Å². The standard InChI is InChI=1S/C16H21N3/c17-7-10-19-8-5-13(6-9-19)15-11-14-3-1-2-4-16(14)18-12-15/h1-4,11-13H,5-10,17H2. The fourth-order valence-corrected chi connectivity index (χ4v) is 2.98. The third kappa shape index (κ3) is 2.77. The predicted octanol–water partition coefficient (Wildman–Crippen LogP) is 2.37. The molecule has 1 aliphatic rings. The molecule has 0 saturated carbocycles. The minimum atomic E-state index is 0.658. The Morgan fingerprint density at radius 3 is 2.79 bits per heavy atom. The monoisotopic (exact) mass is 255 g/mol. The number of hydrogen-bond acceptors (Lipinski definition) is 3. The second-order valence-corrected chi connectivity index (χ2v) is 5.37. The van der Waals surface area contributed by atoms with Crippen molar-refractivity contribution >= 4 is 10.9 Å². The lowest BCUT2D eigenvalue weighted by atomic mass is 9.90. The molecule has 0 spiro atoms. The number of pyridine rings is 1. The number of rotatable bonds is 3. The van der Waals surface area contributed by atoms with Crippen LogP contribution in [0.3, 0.4) is 0 Å². The predicted molar refractivity (Wildman–Crippen MR) is 79.2 cm³/mol. The van der Waals surface area contributed by atoms with E-state index < -0.39 is 0 Å². The Hall–Kier alpha value is -1.45. The van der Waals surface area contributed by atoms with Gasteiger partial charge in [0.25, 0.3) is 0 Å². The molecule has 0 aliphatic carbocycles.